The first-order chi connectivity index (χ1) is 25.6. The van der Waals surface area contributed by atoms with Crippen molar-refractivity contribution in [2.45, 2.75) is 250 Å². The van der Waals surface area contributed by atoms with E-state index in [1.165, 1.54) is 173 Å². The largest absolute Gasteiger partial charge is 0.394 e. The molecule has 1 amide bonds. The number of aliphatic hydroxyl groups is 3. The van der Waals surface area contributed by atoms with E-state index in [9.17, 15) is 20.1 Å². The van der Waals surface area contributed by atoms with E-state index in [0.717, 1.165) is 38.5 Å². The molecule has 0 aromatic rings. The number of unbranched alkanes of at least 4 members (excludes halogenated alkanes) is 29. The van der Waals surface area contributed by atoms with Crippen molar-refractivity contribution < 1.29 is 20.1 Å². The smallest absolute Gasteiger partial charge is 0.249 e. The van der Waals surface area contributed by atoms with Gasteiger partial charge in [-0.05, 0) is 57.8 Å². The second kappa shape index (κ2) is 42.3. The standard InChI is InChI=1S/C47H89NO4/c1-3-5-7-9-11-13-15-17-18-19-20-21-22-23-24-25-26-27-28-29-30-32-34-36-38-40-42-46(51)47(52)48-44(43-49)45(50)41-39-37-35-33-31-16-14-12-10-8-6-4-2/h23-24,31,33,39,41,44-46,49-51H,3-22,25-30,32,34-38,40,42-43H2,1-2H3,(H,48,52)/b24-23-,33-31+,41-39+. The molecule has 52 heavy (non-hydrogen) atoms. The van der Waals surface area contributed by atoms with Crippen LogP contribution in [0, 0.1) is 0 Å². The quantitative estimate of drug-likeness (QED) is 0.0372. The van der Waals surface area contributed by atoms with E-state index in [2.05, 4.69) is 43.5 Å². The molecule has 0 aromatic carbocycles. The highest BCUT2D eigenvalue weighted by Gasteiger charge is 2.22. The highest BCUT2D eigenvalue weighted by atomic mass is 16.3. The predicted octanol–water partition coefficient (Wildman–Crippen LogP) is 13.2. The molecule has 3 atom stereocenters. The van der Waals surface area contributed by atoms with E-state index >= 15 is 0 Å². The van der Waals surface area contributed by atoms with Crippen LogP contribution in [0.5, 0.6) is 0 Å². The predicted molar refractivity (Wildman–Crippen MR) is 227 cm³/mol. The van der Waals surface area contributed by atoms with Crippen molar-refractivity contribution >= 4 is 5.91 Å². The first-order valence-corrected chi connectivity index (χ1v) is 22.8. The van der Waals surface area contributed by atoms with Gasteiger partial charge in [-0.2, -0.15) is 0 Å². The summed E-state index contributed by atoms with van der Waals surface area (Å²) in [5.74, 6) is -0.515. The molecule has 0 bridgehead atoms. The molecule has 0 radical (unpaired) electrons. The van der Waals surface area contributed by atoms with Crippen LogP contribution in [-0.4, -0.2) is 46.1 Å². The highest BCUT2D eigenvalue weighted by Crippen LogP contribution is 2.15. The van der Waals surface area contributed by atoms with Crippen molar-refractivity contribution in [2.75, 3.05) is 6.61 Å². The number of nitrogens with one attached hydrogen (secondary N) is 1. The number of carbonyl (C=O) groups is 1. The zero-order valence-corrected chi connectivity index (χ0v) is 34.7. The number of hydrogen-bond donors (Lipinski definition) is 4. The third-order valence-electron chi connectivity index (χ3n) is 10.5. The number of hydrogen-bond acceptors (Lipinski definition) is 4. The first-order valence-electron chi connectivity index (χ1n) is 22.8. The molecule has 0 rings (SSSR count). The zero-order valence-electron chi connectivity index (χ0n) is 34.7. The minimum atomic E-state index is -1.11. The summed E-state index contributed by atoms with van der Waals surface area (Å²) in [4.78, 5) is 12.4. The van der Waals surface area contributed by atoms with Gasteiger partial charge in [-0.15, -0.1) is 0 Å². The summed E-state index contributed by atoms with van der Waals surface area (Å²) in [6, 6.07) is -0.813. The molecule has 0 saturated carbocycles. The number of carbonyl (C=O) groups excluding carboxylic acids is 1. The fourth-order valence-electron chi connectivity index (χ4n) is 6.84. The Labute approximate surface area is 324 Å². The molecule has 0 spiro atoms. The zero-order chi connectivity index (χ0) is 38.0. The molecule has 5 nitrogen and oxygen atoms in total. The van der Waals surface area contributed by atoms with Crippen molar-refractivity contribution in [2.24, 2.45) is 0 Å². The molecular formula is C47H89NO4. The van der Waals surface area contributed by atoms with Crippen LogP contribution in [0.15, 0.2) is 36.5 Å². The Bertz CT molecular complexity index is 809. The maximum Gasteiger partial charge on any atom is 0.249 e. The topological polar surface area (TPSA) is 89.8 Å². The number of amides is 1. The third kappa shape index (κ3) is 36.9. The van der Waals surface area contributed by atoms with Crippen LogP contribution in [0.2, 0.25) is 0 Å². The second-order valence-electron chi connectivity index (χ2n) is 15.6. The molecule has 306 valence electrons. The van der Waals surface area contributed by atoms with Gasteiger partial charge in [0.1, 0.15) is 6.10 Å². The summed E-state index contributed by atoms with van der Waals surface area (Å²) in [5.41, 5.74) is 0. The molecule has 0 saturated heterocycles. The highest BCUT2D eigenvalue weighted by molar-refractivity contribution is 5.80. The average molecular weight is 732 g/mol. The number of rotatable bonds is 41. The molecule has 0 aromatic heterocycles. The van der Waals surface area contributed by atoms with Gasteiger partial charge in [-0.1, -0.05) is 211 Å². The van der Waals surface area contributed by atoms with Crippen molar-refractivity contribution in [1.82, 2.24) is 5.32 Å². The van der Waals surface area contributed by atoms with Gasteiger partial charge in [0.2, 0.25) is 5.91 Å². The van der Waals surface area contributed by atoms with E-state index in [0.29, 0.717) is 6.42 Å². The molecule has 0 aliphatic rings. The summed E-state index contributed by atoms with van der Waals surface area (Å²) < 4.78 is 0. The van der Waals surface area contributed by atoms with Crippen molar-refractivity contribution in [3.05, 3.63) is 36.5 Å². The molecular weight excluding hydrogens is 643 g/mol. The lowest BCUT2D eigenvalue weighted by atomic mass is 10.0. The lowest BCUT2D eigenvalue weighted by Gasteiger charge is -2.21. The SMILES string of the molecule is CCCCCCCC/C=C/CC/C=C/C(O)C(CO)NC(=O)C(O)CCCCCCCCCCCC/C=C\CCCCCCCCCCCCCC. The molecule has 4 N–H and O–H groups in total. The fourth-order valence-corrected chi connectivity index (χ4v) is 6.84. The minimum Gasteiger partial charge on any atom is -0.394 e. The Morgan fingerprint density at radius 1 is 0.462 bits per heavy atom. The lowest BCUT2D eigenvalue weighted by Crippen LogP contribution is -2.48. The Morgan fingerprint density at radius 3 is 1.17 bits per heavy atom. The third-order valence-corrected chi connectivity index (χ3v) is 10.5. The monoisotopic (exact) mass is 732 g/mol. The maximum atomic E-state index is 12.4. The maximum absolute atomic E-state index is 12.4. The minimum absolute atomic E-state index is 0.376. The van der Waals surface area contributed by atoms with Crippen LogP contribution in [0.25, 0.3) is 0 Å². The van der Waals surface area contributed by atoms with Gasteiger partial charge < -0.3 is 20.6 Å². The molecule has 0 aliphatic heterocycles. The van der Waals surface area contributed by atoms with Crippen molar-refractivity contribution in [3.63, 3.8) is 0 Å². The van der Waals surface area contributed by atoms with E-state index in [1.807, 2.05) is 6.08 Å². The fraction of sp³-hybridized carbons (Fsp3) is 0.851. The van der Waals surface area contributed by atoms with Crippen LogP contribution in [0.4, 0.5) is 0 Å². The van der Waals surface area contributed by atoms with Gasteiger partial charge in [0.25, 0.3) is 0 Å². The van der Waals surface area contributed by atoms with Crippen molar-refractivity contribution in [1.29, 1.82) is 0 Å². The van der Waals surface area contributed by atoms with Crippen LogP contribution in [-0.2, 0) is 4.79 Å². The first kappa shape index (κ1) is 50.6. The lowest BCUT2D eigenvalue weighted by molar-refractivity contribution is -0.131. The Kier molecular flexibility index (Phi) is 41.1. The summed E-state index contributed by atoms with van der Waals surface area (Å²) in [6.45, 7) is 4.15. The van der Waals surface area contributed by atoms with E-state index in [1.54, 1.807) is 6.08 Å². The molecule has 0 aliphatic carbocycles. The summed E-state index contributed by atoms with van der Waals surface area (Å²) in [6.07, 6.45) is 53.3. The Morgan fingerprint density at radius 2 is 0.788 bits per heavy atom. The van der Waals surface area contributed by atoms with E-state index in [-0.39, 0.29) is 6.61 Å². The molecule has 5 heteroatoms. The number of allylic oxidation sites excluding steroid dienone is 5. The average Bonchev–Trinajstić information content (AvgIpc) is 3.15. The summed E-state index contributed by atoms with van der Waals surface area (Å²) in [7, 11) is 0. The van der Waals surface area contributed by atoms with Gasteiger partial charge in [-0.3, -0.25) is 4.79 Å². The van der Waals surface area contributed by atoms with Crippen molar-refractivity contribution in [3.8, 4) is 0 Å². The molecule has 0 heterocycles. The van der Waals surface area contributed by atoms with Crippen LogP contribution in [0.3, 0.4) is 0 Å². The van der Waals surface area contributed by atoms with Gasteiger partial charge in [-0.25, -0.2) is 0 Å². The molecule has 0 fully saturated rings. The molecule has 3 unspecified atom stereocenters. The van der Waals surface area contributed by atoms with E-state index in [4.69, 9.17) is 0 Å². The van der Waals surface area contributed by atoms with Gasteiger partial charge in [0.05, 0.1) is 18.8 Å². The Balaban J connectivity index is 3.61. The van der Waals surface area contributed by atoms with Crippen LogP contribution >= 0.6 is 0 Å². The second-order valence-corrected chi connectivity index (χ2v) is 15.6. The normalized spacial score (nSPS) is 13.9. The van der Waals surface area contributed by atoms with Crippen LogP contribution < -0.4 is 5.32 Å². The summed E-state index contributed by atoms with van der Waals surface area (Å²) in [5, 5.41) is 33.0. The summed E-state index contributed by atoms with van der Waals surface area (Å²) >= 11 is 0. The van der Waals surface area contributed by atoms with Crippen LogP contribution in [0.1, 0.15) is 232 Å². The number of aliphatic hydroxyl groups excluding tert-OH is 3. The Hall–Kier alpha value is -1.43. The van der Waals surface area contributed by atoms with Gasteiger partial charge >= 0.3 is 0 Å². The van der Waals surface area contributed by atoms with E-state index < -0.39 is 24.2 Å². The van der Waals surface area contributed by atoms with Gasteiger partial charge in [0, 0.05) is 0 Å². The van der Waals surface area contributed by atoms with Gasteiger partial charge in [0.15, 0.2) is 0 Å².